The number of rotatable bonds is 3. The molecule has 0 bridgehead atoms. The van der Waals surface area contributed by atoms with E-state index in [9.17, 15) is 9.59 Å². The molecule has 1 heterocycles. The fourth-order valence-corrected chi connectivity index (χ4v) is 3.55. The number of Topliss-reactive ketones (excluding diaryl/α,β-unsaturated/α-hetero) is 1. The molecule has 0 unspecified atom stereocenters. The van der Waals surface area contributed by atoms with Crippen LogP contribution in [0, 0.1) is 0 Å². The molecule has 4 nitrogen and oxygen atoms in total. The number of benzene rings is 2. The number of carbonyl (C=O) groups is 2. The number of hydrogen-bond donors (Lipinski definition) is 1. The van der Waals surface area contributed by atoms with Crippen molar-refractivity contribution in [2.45, 2.75) is 31.5 Å². The van der Waals surface area contributed by atoms with Crippen molar-refractivity contribution < 1.29 is 9.59 Å². The fourth-order valence-electron chi connectivity index (χ4n) is 3.55. The van der Waals surface area contributed by atoms with Crippen LogP contribution >= 0.6 is 0 Å². The molecule has 1 N–H and O–H groups in total. The maximum atomic E-state index is 12.8. The quantitative estimate of drug-likeness (QED) is 0.945. The van der Waals surface area contributed by atoms with Gasteiger partial charge in [0.2, 0.25) is 5.91 Å². The Morgan fingerprint density at radius 3 is 2.08 bits per heavy atom. The first-order chi connectivity index (χ1) is 11.6. The molecular weight excluding hydrogens is 300 g/mol. The van der Waals surface area contributed by atoms with E-state index in [0.717, 1.165) is 11.1 Å². The summed E-state index contributed by atoms with van der Waals surface area (Å²) in [5, 5.41) is 2.85. The number of ketones is 1. The van der Waals surface area contributed by atoms with Gasteiger partial charge in [0, 0.05) is 19.4 Å². The number of amides is 1. The summed E-state index contributed by atoms with van der Waals surface area (Å²) in [5.41, 5.74) is 2.16. The van der Waals surface area contributed by atoms with E-state index < -0.39 is 6.04 Å². The number of hydrogen-bond acceptors (Lipinski definition) is 3. The lowest BCUT2D eigenvalue weighted by Gasteiger charge is -2.44. The van der Waals surface area contributed by atoms with Crippen LogP contribution in [0.3, 0.4) is 0 Å². The molecule has 0 aliphatic carbocycles. The summed E-state index contributed by atoms with van der Waals surface area (Å²) in [6, 6.07) is 19.3. The Morgan fingerprint density at radius 2 is 1.54 bits per heavy atom. The highest BCUT2D eigenvalue weighted by Crippen LogP contribution is 2.38. The normalized spacial score (nSPS) is 24.6. The molecule has 3 rings (SSSR count). The summed E-state index contributed by atoms with van der Waals surface area (Å²) in [6.45, 7) is 1.46. The van der Waals surface area contributed by atoms with Crippen LogP contribution in [0.25, 0.3) is 0 Å². The van der Waals surface area contributed by atoms with Crippen LogP contribution in [0.1, 0.15) is 36.6 Å². The lowest BCUT2D eigenvalue weighted by molar-refractivity contribution is -0.133. The molecule has 1 aliphatic heterocycles. The van der Waals surface area contributed by atoms with Crippen LogP contribution in [0.4, 0.5) is 0 Å². The molecule has 0 spiro atoms. The average Bonchev–Trinajstić information content (AvgIpc) is 2.59. The van der Waals surface area contributed by atoms with E-state index in [0.29, 0.717) is 6.42 Å². The van der Waals surface area contributed by atoms with Crippen molar-refractivity contribution in [3.05, 3.63) is 71.8 Å². The number of likely N-dealkylation sites (tertiary alicyclic amines) is 1. The topological polar surface area (TPSA) is 49.4 Å². The molecule has 2 aromatic carbocycles. The van der Waals surface area contributed by atoms with Crippen LogP contribution in [0.15, 0.2) is 60.7 Å². The molecular formula is C20H22N2O2. The van der Waals surface area contributed by atoms with Gasteiger partial charge in [-0.1, -0.05) is 60.7 Å². The van der Waals surface area contributed by atoms with Gasteiger partial charge in [-0.15, -0.1) is 0 Å². The smallest absolute Gasteiger partial charge is 0.217 e. The summed E-state index contributed by atoms with van der Waals surface area (Å²) in [5.74, 6) is -0.105. The third-order valence-electron chi connectivity index (χ3n) is 4.67. The van der Waals surface area contributed by atoms with Crippen molar-refractivity contribution in [1.82, 2.24) is 10.2 Å². The van der Waals surface area contributed by atoms with Gasteiger partial charge in [-0.05, 0) is 18.2 Å². The van der Waals surface area contributed by atoms with E-state index >= 15 is 0 Å². The second kappa shape index (κ2) is 6.97. The van der Waals surface area contributed by atoms with Crippen LogP contribution in [0.2, 0.25) is 0 Å². The Balaban J connectivity index is 2.00. The Morgan fingerprint density at radius 1 is 1.00 bits per heavy atom. The van der Waals surface area contributed by atoms with E-state index in [2.05, 4.69) is 22.3 Å². The minimum Gasteiger partial charge on any atom is -0.345 e. The van der Waals surface area contributed by atoms with Gasteiger partial charge >= 0.3 is 0 Å². The average molecular weight is 322 g/mol. The lowest BCUT2D eigenvalue weighted by Crippen LogP contribution is -2.54. The summed E-state index contributed by atoms with van der Waals surface area (Å²) in [6.07, 6.45) is 0.398. The number of nitrogens with one attached hydrogen (secondary N) is 1. The molecule has 1 aliphatic rings. The van der Waals surface area contributed by atoms with Crippen LogP contribution in [-0.4, -0.2) is 29.7 Å². The first-order valence-electron chi connectivity index (χ1n) is 8.19. The molecule has 124 valence electrons. The van der Waals surface area contributed by atoms with Crippen LogP contribution < -0.4 is 5.32 Å². The summed E-state index contributed by atoms with van der Waals surface area (Å²) < 4.78 is 0. The van der Waals surface area contributed by atoms with Crippen molar-refractivity contribution in [3.8, 4) is 0 Å². The van der Waals surface area contributed by atoms with Crippen molar-refractivity contribution in [2.75, 3.05) is 7.05 Å². The van der Waals surface area contributed by atoms with Crippen molar-refractivity contribution in [2.24, 2.45) is 0 Å². The van der Waals surface area contributed by atoms with E-state index in [1.807, 2.05) is 55.6 Å². The van der Waals surface area contributed by atoms with E-state index in [4.69, 9.17) is 0 Å². The Kier molecular flexibility index (Phi) is 4.76. The van der Waals surface area contributed by atoms with Gasteiger partial charge in [-0.3, -0.25) is 14.5 Å². The summed E-state index contributed by atoms with van der Waals surface area (Å²) in [4.78, 5) is 26.6. The second-order valence-electron chi connectivity index (χ2n) is 6.30. The Bertz CT molecular complexity index is 715. The third-order valence-corrected chi connectivity index (χ3v) is 4.67. The minimum atomic E-state index is -0.519. The van der Waals surface area contributed by atoms with Gasteiger partial charge in [-0.2, -0.15) is 0 Å². The number of likely N-dealkylation sites (N-methyl/N-ethyl adjacent to an activating group) is 1. The van der Waals surface area contributed by atoms with Crippen LogP contribution in [0.5, 0.6) is 0 Å². The highest BCUT2D eigenvalue weighted by molar-refractivity contribution is 5.90. The monoisotopic (exact) mass is 322 g/mol. The van der Waals surface area contributed by atoms with Gasteiger partial charge in [0.1, 0.15) is 6.04 Å². The van der Waals surface area contributed by atoms with Gasteiger partial charge in [0.25, 0.3) is 0 Å². The molecule has 0 saturated carbocycles. The molecule has 0 aromatic heterocycles. The van der Waals surface area contributed by atoms with Crippen LogP contribution in [-0.2, 0) is 9.59 Å². The number of piperidine rings is 1. The van der Waals surface area contributed by atoms with Crippen molar-refractivity contribution in [3.63, 3.8) is 0 Å². The highest BCUT2D eigenvalue weighted by Gasteiger charge is 2.42. The molecule has 2 aromatic rings. The maximum Gasteiger partial charge on any atom is 0.217 e. The van der Waals surface area contributed by atoms with Gasteiger partial charge in [0.15, 0.2) is 5.78 Å². The van der Waals surface area contributed by atoms with Gasteiger partial charge < -0.3 is 5.32 Å². The van der Waals surface area contributed by atoms with E-state index in [-0.39, 0.29) is 23.8 Å². The zero-order valence-electron chi connectivity index (χ0n) is 14.0. The maximum absolute atomic E-state index is 12.8. The minimum absolute atomic E-state index is 0.00825. The predicted octanol–water partition coefficient (Wildman–Crippen LogP) is 2.88. The van der Waals surface area contributed by atoms with Gasteiger partial charge in [-0.25, -0.2) is 0 Å². The zero-order chi connectivity index (χ0) is 17.1. The summed E-state index contributed by atoms with van der Waals surface area (Å²) in [7, 11) is 2.02. The van der Waals surface area contributed by atoms with Crippen molar-refractivity contribution in [1.29, 1.82) is 0 Å². The van der Waals surface area contributed by atoms with E-state index in [1.165, 1.54) is 6.92 Å². The molecule has 1 saturated heterocycles. The number of carbonyl (C=O) groups excluding carboxylic acids is 2. The van der Waals surface area contributed by atoms with Gasteiger partial charge in [0.05, 0.1) is 6.04 Å². The highest BCUT2D eigenvalue weighted by atomic mass is 16.2. The SMILES string of the molecule is CC(=O)N[C@@H]1C(=O)C[C@@H](c2ccccc2)N(C)[C@@H]1c1ccccc1. The summed E-state index contributed by atoms with van der Waals surface area (Å²) >= 11 is 0. The van der Waals surface area contributed by atoms with E-state index in [1.54, 1.807) is 0 Å². The predicted molar refractivity (Wildman–Crippen MR) is 93.4 cm³/mol. The molecule has 4 heteroatoms. The second-order valence-corrected chi connectivity index (χ2v) is 6.30. The van der Waals surface area contributed by atoms with Crippen molar-refractivity contribution >= 4 is 11.7 Å². The lowest BCUT2D eigenvalue weighted by atomic mass is 9.83. The largest absolute Gasteiger partial charge is 0.345 e. The molecule has 0 radical (unpaired) electrons. The standard InChI is InChI=1S/C20H22N2O2/c1-14(23)21-19-18(24)13-17(15-9-5-3-6-10-15)22(2)20(19)16-11-7-4-8-12-16/h3-12,17,19-20H,13H2,1-2H3,(H,21,23)/t17-,19+,20+/m0/s1. The zero-order valence-corrected chi connectivity index (χ0v) is 14.0. The first kappa shape index (κ1) is 16.4. The fraction of sp³-hybridized carbons (Fsp3) is 0.300. The molecule has 3 atom stereocenters. The first-order valence-corrected chi connectivity index (χ1v) is 8.19. The molecule has 1 amide bonds. The molecule has 24 heavy (non-hydrogen) atoms. The molecule has 1 fully saturated rings. The third kappa shape index (κ3) is 3.24. The Labute approximate surface area is 142 Å². The number of nitrogens with zero attached hydrogens (tertiary/aromatic N) is 1. The Hall–Kier alpha value is -2.46.